The predicted molar refractivity (Wildman–Crippen MR) is 198 cm³/mol. The molecule has 3 aromatic rings. The van der Waals surface area contributed by atoms with Crippen molar-refractivity contribution in [1.82, 2.24) is 25.3 Å². The van der Waals surface area contributed by atoms with Gasteiger partial charge in [0.1, 0.15) is 6.04 Å². The smallest absolute Gasteiger partial charge is 0.338 e. The Balaban J connectivity index is 1.80. The zero-order chi connectivity index (χ0) is 38.7. The minimum Gasteiger partial charge on any atom is -0.481 e. The number of ether oxygens (including phenoxy) is 1. The SMILES string of the molecule is C=Cc1c(C)c2cc3nc(c(CC(=O)O)c4nc(cc5[nH]c(cc1[nH]2)c(C)c5CC)C(C)=C4C(=O)O)C(CCC(=O)NC(CCOC=O)C(=O)O)C3C. The Morgan fingerprint density at radius 1 is 0.981 bits per heavy atom. The number of aryl methyl sites for hydroxylation is 3. The first-order valence-corrected chi connectivity index (χ1v) is 17.3. The van der Waals surface area contributed by atoms with Crippen molar-refractivity contribution in [2.24, 2.45) is 0 Å². The summed E-state index contributed by atoms with van der Waals surface area (Å²) in [5, 5.41) is 32.8. The molecule has 0 saturated heterocycles. The van der Waals surface area contributed by atoms with Crippen molar-refractivity contribution in [3.63, 3.8) is 0 Å². The van der Waals surface area contributed by atoms with Crippen LogP contribution in [0.25, 0.3) is 39.3 Å². The van der Waals surface area contributed by atoms with Crippen LogP contribution < -0.4 is 5.32 Å². The number of amides is 1. The number of aliphatic carboxylic acids is 3. The van der Waals surface area contributed by atoms with Gasteiger partial charge >= 0.3 is 17.9 Å². The highest BCUT2D eigenvalue weighted by Gasteiger charge is 2.36. The summed E-state index contributed by atoms with van der Waals surface area (Å²) in [6, 6.07) is 4.35. The van der Waals surface area contributed by atoms with Crippen LogP contribution >= 0.6 is 0 Å². The number of fused-ring (bicyclic) bond motifs is 8. The number of hydrogen-bond acceptors (Lipinski definition) is 8. The highest BCUT2D eigenvalue weighted by molar-refractivity contribution is 6.24. The lowest BCUT2D eigenvalue weighted by Gasteiger charge is -2.19. The standard InChI is InChI=1S/C39H43N5O9/c1-7-22-18(3)27-14-29-20(5)24(9-10-33(46)42-26(38(49)50)11-12-53-17-45)36(43-29)25(13-34(47)48)37-35(39(51)52)21(6)30(44-37)16-32-23(8-2)19(4)28(41-32)15-31(22)40-27/h7,14-17,20,24,26,40-41H,1,8-13H2,2-6H3,(H,42,46)(H,47,48)(H,49,50)(H,51,52). The van der Waals surface area contributed by atoms with Gasteiger partial charge in [0.15, 0.2) is 0 Å². The first-order chi connectivity index (χ1) is 25.2. The van der Waals surface area contributed by atoms with E-state index in [9.17, 15) is 39.3 Å². The number of aromatic nitrogens is 4. The summed E-state index contributed by atoms with van der Waals surface area (Å²) < 4.78 is 4.61. The topological polar surface area (TPSA) is 225 Å². The number of carboxylic acids is 3. The van der Waals surface area contributed by atoms with Crippen molar-refractivity contribution < 1.29 is 44.0 Å². The van der Waals surface area contributed by atoms with Crippen LogP contribution in [0.3, 0.4) is 0 Å². The average molecular weight is 726 g/mol. The second kappa shape index (κ2) is 15.7. The van der Waals surface area contributed by atoms with Crippen LogP contribution in [-0.4, -0.2) is 78.2 Å². The molecule has 3 unspecified atom stereocenters. The molecule has 2 aliphatic rings. The number of hydrogen-bond donors (Lipinski definition) is 6. The van der Waals surface area contributed by atoms with Gasteiger partial charge in [-0.15, -0.1) is 0 Å². The van der Waals surface area contributed by atoms with Crippen molar-refractivity contribution in [3.05, 3.63) is 75.4 Å². The van der Waals surface area contributed by atoms with Gasteiger partial charge in [-0.3, -0.25) is 19.4 Å². The fourth-order valence-corrected chi connectivity index (χ4v) is 7.29. The van der Waals surface area contributed by atoms with E-state index in [0.717, 1.165) is 44.3 Å². The van der Waals surface area contributed by atoms with Gasteiger partial charge in [-0.05, 0) is 74.1 Å². The van der Waals surface area contributed by atoms with Gasteiger partial charge in [0.2, 0.25) is 5.91 Å². The molecule has 6 N–H and O–H groups in total. The van der Waals surface area contributed by atoms with Crippen molar-refractivity contribution in [3.8, 4) is 0 Å². The minimum atomic E-state index is -1.30. The van der Waals surface area contributed by atoms with Gasteiger partial charge in [-0.2, -0.15) is 0 Å². The van der Waals surface area contributed by atoms with E-state index in [0.29, 0.717) is 29.1 Å². The quantitative estimate of drug-likeness (QED) is 0.0889. The van der Waals surface area contributed by atoms with Crippen molar-refractivity contribution in [1.29, 1.82) is 0 Å². The highest BCUT2D eigenvalue weighted by atomic mass is 16.5. The Morgan fingerprint density at radius 2 is 1.68 bits per heavy atom. The molecule has 0 saturated carbocycles. The molecule has 3 atom stereocenters. The van der Waals surface area contributed by atoms with Crippen LogP contribution in [0.2, 0.25) is 0 Å². The summed E-state index contributed by atoms with van der Waals surface area (Å²) in [5.74, 6) is -5.34. The Hall–Kier alpha value is -6.05. The Bertz CT molecular complexity index is 2230. The lowest BCUT2D eigenvalue weighted by molar-refractivity contribution is -0.143. The highest BCUT2D eigenvalue weighted by Crippen LogP contribution is 2.43. The van der Waals surface area contributed by atoms with E-state index in [2.05, 4.69) is 26.6 Å². The molecule has 1 amide bonds. The van der Waals surface area contributed by atoms with Gasteiger partial charge in [-0.1, -0.05) is 26.5 Å². The van der Waals surface area contributed by atoms with Crippen LogP contribution in [-0.2, 0) is 41.6 Å². The number of nitrogens with zero attached hydrogens (tertiary/aromatic N) is 2. The van der Waals surface area contributed by atoms with E-state index in [1.807, 2.05) is 39.8 Å². The molecule has 2 aliphatic heterocycles. The van der Waals surface area contributed by atoms with Crippen LogP contribution in [0, 0.1) is 13.8 Å². The van der Waals surface area contributed by atoms with Crippen LogP contribution in [0.1, 0.15) is 102 Å². The molecule has 0 fully saturated rings. The van der Waals surface area contributed by atoms with Gasteiger partial charge in [0, 0.05) is 63.6 Å². The molecule has 8 bridgehead atoms. The van der Waals surface area contributed by atoms with Crippen molar-refractivity contribution >= 4 is 69.6 Å². The van der Waals surface area contributed by atoms with Crippen LogP contribution in [0.15, 0.2) is 24.8 Å². The van der Waals surface area contributed by atoms with Gasteiger partial charge < -0.3 is 35.3 Å². The lowest BCUT2D eigenvalue weighted by Crippen LogP contribution is -2.41. The lowest BCUT2D eigenvalue weighted by atomic mass is 9.84. The maximum Gasteiger partial charge on any atom is 0.338 e. The normalized spacial score (nSPS) is 15.9. The maximum atomic E-state index is 13.1. The molecule has 0 aliphatic carbocycles. The minimum absolute atomic E-state index is 0.0149. The number of carboxylic acid groups (broad SMARTS) is 3. The van der Waals surface area contributed by atoms with Crippen molar-refractivity contribution in [2.75, 3.05) is 6.61 Å². The molecule has 278 valence electrons. The molecule has 0 aromatic carbocycles. The zero-order valence-electron chi connectivity index (χ0n) is 30.3. The van der Waals surface area contributed by atoms with Crippen molar-refractivity contribution in [2.45, 2.75) is 84.6 Å². The Morgan fingerprint density at radius 3 is 2.30 bits per heavy atom. The van der Waals surface area contributed by atoms with Gasteiger partial charge in [0.05, 0.1) is 35.7 Å². The van der Waals surface area contributed by atoms with E-state index in [1.165, 1.54) is 0 Å². The summed E-state index contributed by atoms with van der Waals surface area (Å²) in [5.41, 5.74) is 8.48. The third kappa shape index (κ3) is 7.62. The van der Waals surface area contributed by atoms with E-state index in [1.54, 1.807) is 19.1 Å². The third-order valence-electron chi connectivity index (χ3n) is 10.2. The van der Waals surface area contributed by atoms with Crippen LogP contribution in [0.5, 0.6) is 0 Å². The monoisotopic (exact) mass is 725 g/mol. The number of aromatic amines is 2. The molecule has 14 nitrogen and oxygen atoms in total. The molecule has 53 heavy (non-hydrogen) atoms. The second-order valence-corrected chi connectivity index (χ2v) is 13.3. The molecular weight excluding hydrogens is 682 g/mol. The summed E-state index contributed by atoms with van der Waals surface area (Å²) in [7, 11) is 0. The summed E-state index contributed by atoms with van der Waals surface area (Å²) in [6.07, 6.45) is 1.68. The third-order valence-corrected chi connectivity index (χ3v) is 10.2. The molecule has 3 aromatic heterocycles. The zero-order valence-corrected chi connectivity index (χ0v) is 30.3. The van der Waals surface area contributed by atoms with E-state index >= 15 is 0 Å². The average Bonchev–Trinajstić information content (AvgIpc) is 3.78. The molecule has 5 heterocycles. The van der Waals surface area contributed by atoms with Gasteiger partial charge in [-0.25, -0.2) is 14.6 Å². The fraction of sp³-hybridized carbons (Fsp3) is 0.359. The summed E-state index contributed by atoms with van der Waals surface area (Å²) >= 11 is 0. The van der Waals surface area contributed by atoms with E-state index < -0.39 is 42.2 Å². The fourth-order valence-electron chi connectivity index (χ4n) is 7.29. The number of allylic oxidation sites excluding steroid dienone is 1. The molecule has 0 radical (unpaired) electrons. The van der Waals surface area contributed by atoms with Gasteiger partial charge in [0.25, 0.3) is 6.47 Å². The summed E-state index contributed by atoms with van der Waals surface area (Å²) in [4.78, 5) is 77.6. The Kier molecular flexibility index (Phi) is 11.3. The molecule has 5 rings (SSSR count). The summed E-state index contributed by atoms with van der Waals surface area (Å²) in [6.45, 7) is 13.6. The first-order valence-electron chi connectivity index (χ1n) is 17.3. The number of nitrogens with one attached hydrogen (secondary N) is 3. The van der Waals surface area contributed by atoms with E-state index in [-0.39, 0.29) is 55.1 Å². The molecular formula is C39H43N5O9. The maximum absolute atomic E-state index is 13.1. The first kappa shape index (κ1) is 38.2. The molecule has 14 heteroatoms. The van der Waals surface area contributed by atoms with E-state index in [4.69, 9.17) is 9.97 Å². The predicted octanol–water partition coefficient (Wildman–Crippen LogP) is 5.58. The number of carbonyl (C=O) groups excluding carboxylic acids is 2. The number of rotatable bonds is 14. The second-order valence-electron chi connectivity index (χ2n) is 13.3. The van der Waals surface area contributed by atoms with Crippen LogP contribution in [0.4, 0.5) is 0 Å². The number of carbonyl (C=O) groups is 5. The largest absolute Gasteiger partial charge is 0.481 e. The molecule has 0 spiro atoms. The Labute approximate surface area is 305 Å². The number of H-pyrrole nitrogens is 2.